The van der Waals surface area contributed by atoms with E-state index in [1.54, 1.807) is 74.9 Å². The topological polar surface area (TPSA) is 216 Å². The Balaban J connectivity index is 0.000000247. The second-order valence-corrected chi connectivity index (χ2v) is 16.2. The number of nitrogens with one attached hydrogen (secondary N) is 2. The number of methoxy groups -OCH3 is 2. The Morgan fingerprint density at radius 3 is 1.74 bits per heavy atom. The van der Waals surface area contributed by atoms with E-state index in [1.807, 2.05) is 48.5 Å². The van der Waals surface area contributed by atoms with Gasteiger partial charge in [-0.05, 0) is 104 Å². The first-order chi connectivity index (χ1) is 32.0. The molecule has 2 aliphatic carbocycles. The van der Waals surface area contributed by atoms with Gasteiger partial charge in [-0.3, -0.25) is 5.41 Å². The molecule has 2 heterocycles. The number of hydrogen-bond donors (Lipinski definition) is 4. The molecule has 4 aliphatic rings. The molecule has 6 N–H and O–H groups in total. The first kappa shape index (κ1) is 53.3. The van der Waals surface area contributed by atoms with E-state index in [0.717, 1.165) is 33.0 Å². The Morgan fingerprint density at radius 2 is 1.13 bits per heavy atom. The predicted octanol–water partition coefficient (Wildman–Crippen LogP) is 3.71. The van der Waals surface area contributed by atoms with Crippen LogP contribution in [0.15, 0.2) is 127 Å². The minimum atomic E-state index is -0.460. The normalized spacial score (nSPS) is 10.9. The Morgan fingerprint density at radius 1 is 0.588 bits per heavy atom. The van der Waals surface area contributed by atoms with E-state index in [-0.39, 0.29) is 54.6 Å². The molecule has 0 unspecified atom stereocenters. The maximum Gasteiger partial charge on any atom is 0.338 e. The first-order valence-corrected chi connectivity index (χ1v) is 22.3. The lowest BCUT2D eigenvalue weighted by atomic mass is 9.90. The zero-order chi connectivity index (χ0) is 46.7. The number of halogens is 4. The van der Waals surface area contributed by atoms with Crippen LogP contribution in [-0.2, 0) is 28.4 Å². The third-order valence-electron chi connectivity index (χ3n) is 10.3. The fraction of sp³-hybridized carbons (Fsp3) is 0.200. The zero-order valence-electron chi connectivity index (χ0n) is 36.8. The van der Waals surface area contributed by atoms with Crippen LogP contribution in [0.1, 0.15) is 20.7 Å². The molecule has 14 nitrogen and oxygen atoms in total. The molecule has 0 saturated carbocycles. The molecule has 0 amide bonds. The van der Waals surface area contributed by atoms with Crippen LogP contribution in [0.2, 0.25) is 0 Å². The van der Waals surface area contributed by atoms with Crippen LogP contribution in [0.4, 0.5) is 11.4 Å². The Hall–Kier alpha value is -5.63. The molecular formula is C50H46Br3ClN4O10-2. The average molecular weight is 1140 g/mol. The molecule has 18 heteroatoms. The van der Waals surface area contributed by atoms with E-state index in [2.05, 4.69) is 31.9 Å². The quantitative estimate of drug-likeness (QED) is 0.0472. The fourth-order valence-corrected chi connectivity index (χ4v) is 8.10. The highest BCUT2D eigenvalue weighted by Gasteiger charge is 2.26. The van der Waals surface area contributed by atoms with Gasteiger partial charge < -0.3 is 83.5 Å². The summed E-state index contributed by atoms with van der Waals surface area (Å²) in [6, 6.07) is 32.3. The molecule has 0 aromatic heterocycles. The molecular weight excluding hydrogens is 1090 g/mol. The summed E-state index contributed by atoms with van der Waals surface area (Å²) in [6.07, 6.45) is 0. The molecule has 0 spiro atoms. The average Bonchev–Trinajstić information content (AvgIpc) is 3.32. The molecule has 68 heavy (non-hydrogen) atoms. The van der Waals surface area contributed by atoms with Gasteiger partial charge in [-0.15, -0.1) is 0 Å². The Kier molecular flexibility index (Phi) is 19.7. The third-order valence-corrected chi connectivity index (χ3v) is 11.9. The number of ether oxygens (including phenoxy) is 6. The van der Waals surface area contributed by atoms with Crippen molar-refractivity contribution in [3.05, 3.63) is 140 Å². The van der Waals surface area contributed by atoms with E-state index >= 15 is 0 Å². The van der Waals surface area contributed by atoms with Crippen LogP contribution in [0.3, 0.4) is 0 Å². The summed E-state index contributed by atoms with van der Waals surface area (Å²) >= 11 is 7.01. The smallest absolute Gasteiger partial charge is 0.338 e. The number of nitrogens with two attached hydrogens (primary N) is 2. The summed E-state index contributed by atoms with van der Waals surface area (Å²) in [4.78, 5) is 26.0. The van der Waals surface area contributed by atoms with E-state index in [9.17, 15) is 9.59 Å². The number of carbonyl (C=O) groups is 2. The zero-order valence-corrected chi connectivity index (χ0v) is 42.3. The summed E-state index contributed by atoms with van der Waals surface area (Å²) in [7, 11) is 3.20. The number of esters is 2. The van der Waals surface area contributed by atoms with Crippen molar-refractivity contribution in [2.24, 2.45) is 0 Å². The Bertz CT molecular complexity index is 3090. The number of rotatable bonds is 16. The number of anilines is 2. The van der Waals surface area contributed by atoms with Gasteiger partial charge in [-0.1, -0.05) is 36.4 Å². The van der Waals surface area contributed by atoms with Gasteiger partial charge in [0.25, 0.3) is 0 Å². The monoisotopic (exact) mass is 1130 g/mol. The van der Waals surface area contributed by atoms with Crippen molar-refractivity contribution in [3.8, 4) is 44.9 Å². The first-order valence-electron chi connectivity index (χ1n) is 20.7. The van der Waals surface area contributed by atoms with Crippen molar-refractivity contribution in [1.82, 2.24) is 0 Å². The van der Waals surface area contributed by atoms with Crippen LogP contribution in [-0.4, -0.2) is 79.0 Å². The van der Waals surface area contributed by atoms with Crippen molar-refractivity contribution in [2.75, 3.05) is 78.5 Å². The van der Waals surface area contributed by atoms with Crippen molar-refractivity contribution in [1.29, 1.82) is 10.8 Å². The van der Waals surface area contributed by atoms with Gasteiger partial charge >= 0.3 is 11.9 Å². The number of nitrogen functional groups attached to an aromatic ring is 2. The highest BCUT2D eigenvalue weighted by atomic mass is 79.9. The largest absolute Gasteiger partial charge is 1.00 e. The molecule has 4 aromatic carbocycles. The molecule has 0 radical (unpaired) electrons. The van der Waals surface area contributed by atoms with Crippen molar-refractivity contribution < 1.29 is 76.2 Å². The molecule has 2 aliphatic heterocycles. The summed E-state index contributed by atoms with van der Waals surface area (Å²) in [6.45, 7) is 2.67. The highest BCUT2D eigenvalue weighted by Crippen LogP contribution is 2.46. The fourth-order valence-electron chi connectivity index (χ4n) is 7.24. The van der Waals surface area contributed by atoms with Crippen LogP contribution in [0.5, 0.6) is 0 Å². The lowest BCUT2D eigenvalue weighted by Crippen LogP contribution is -3.00. The van der Waals surface area contributed by atoms with E-state index in [1.165, 1.54) is 0 Å². The van der Waals surface area contributed by atoms with Gasteiger partial charge in [0.05, 0.1) is 70.4 Å². The van der Waals surface area contributed by atoms with Gasteiger partial charge in [-0.2, -0.15) is 0 Å². The van der Waals surface area contributed by atoms with Crippen molar-refractivity contribution in [2.45, 2.75) is 0 Å². The number of carbonyl (C=O) groups excluding carboxylic acids is 2. The maximum atomic E-state index is 13.0. The molecule has 356 valence electrons. The second kappa shape index (κ2) is 25.1. The summed E-state index contributed by atoms with van der Waals surface area (Å²) in [5.41, 5.74) is 19.6. The molecule has 0 bridgehead atoms. The van der Waals surface area contributed by atoms with Crippen molar-refractivity contribution >= 4 is 77.1 Å². The second-order valence-electron chi connectivity index (χ2n) is 14.6. The SMILES string of the molecule is COCCOCCOC(=O)c1ccccc1-c1c2ccc(=N)c(Br)c-2oc2c(Br)c(N)ccc12.COCCOCCOC(=O)c1ccccc1-c1c2ccc(=N)cc-2oc2cc(N)ccc12.[Br-].[Cl-]. The minimum Gasteiger partial charge on any atom is -1.00 e. The van der Waals surface area contributed by atoms with Crippen LogP contribution in [0, 0.1) is 10.8 Å². The van der Waals surface area contributed by atoms with Gasteiger partial charge in [0.15, 0.2) is 11.3 Å². The lowest BCUT2D eigenvalue weighted by Gasteiger charge is -2.19. The maximum absolute atomic E-state index is 13.0. The summed E-state index contributed by atoms with van der Waals surface area (Å²) in [5, 5.41) is 18.3. The van der Waals surface area contributed by atoms with Crippen LogP contribution in [0.25, 0.3) is 66.8 Å². The summed E-state index contributed by atoms with van der Waals surface area (Å²) < 4.78 is 44.9. The minimum absolute atomic E-state index is 0. The highest BCUT2D eigenvalue weighted by molar-refractivity contribution is 9.11. The molecule has 0 atom stereocenters. The molecule has 4 aromatic rings. The van der Waals surface area contributed by atoms with Gasteiger partial charge in [0.2, 0.25) is 0 Å². The molecule has 8 rings (SSSR count). The number of benzene rings is 6. The van der Waals surface area contributed by atoms with E-state index in [4.69, 9.17) is 59.5 Å². The van der Waals surface area contributed by atoms with Gasteiger partial charge in [-0.25, -0.2) is 9.59 Å². The van der Waals surface area contributed by atoms with Crippen LogP contribution < -0.4 is 51.6 Å². The van der Waals surface area contributed by atoms with E-state index in [0.29, 0.717) is 104 Å². The number of hydrogen-bond acceptors (Lipinski definition) is 14. The van der Waals surface area contributed by atoms with Crippen LogP contribution >= 0.6 is 31.9 Å². The molecule has 0 saturated heterocycles. The van der Waals surface area contributed by atoms with E-state index < -0.39 is 11.9 Å². The third kappa shape index (κ3) is 12.1. The summed E-state index contributed by atoms with van der Waals surface area (Å²) in [5.74, 6) is 0.126. The lowest BCUT2D eigenvalue weighted by molar-refractivity contribution is -0.00100. The van der Waals surface area contributed by atoms with Crippen molar-refractivity contribution in [3.63, 3.8) is 0 Å². The predicted molar refractivity (Wildman–Crippen MR) is 258 cm³/mol. The van der Waals surface area contributed by atoms with Gasteiger partial charge in [0.1, 0.15) is 24.6 Å². The Labute approximate surface area is 424 Å². The number of fused-ring (bicyclic) bond motifs is 4. The van der Waals surface area contributed by atoms with Gasteiger partial charge in [0, 0.05) is 70.8 Å². The molecule has 0 fully saturated rings. The standard InChI is InChI=1S/C25H22Br2N2O5.C25H24N2O5.BrH.ClH/c1-31-10-11-32-12-13-33-25(30)15-5-3-2-4-14(15)20-16-6-8-18(28)21(26)23(16)34-24-17(20)7-9-19(29)22(24)27;1-29-10-11-30-12-13-31-25(28)19-5-3-2-4-18(19)24-20-8-6-16(26)14-22(20)32-23-15-17(27)7-9-21(23)24;;/h2-9,28H,10-13,29H2,1H3;2-9,14-15,26H,10-13,27H2,1H3;2*1H/p-2.